The largest absolute Gasteiger partial charge is 0.507 e. The number of hydrogen-bond donors (Lipinski definition) is 4. The van der Waals surface area contributed by atoms with E-state index in [1.165, 1.54) is 6.07 Å². The van der Waals surface area contributed by atoms with Crippen molar-refractivity contribution >= 4 is 21.7 Å². The van der Waals surface area contributed by atoms with E-state index < -0.39 is 0 Å². The lowest BCUT2D eigenvalue weighted by Gasteiger charge is -2.15. The summed E-state index contributed by atoms with van der Waals surface area (Å²) in [5.74, 6) is 0.0279. The minimum absolute atomic E-state index is 0.0865. The number of aryl methyl sites for hydroxylation is 1. The van der Waals surface area contributed by atoms with E-state index in [-0.39, 0.29) is 28.5 Å². The molecule has 5 N–H and O–H groups in total. The van der Waals surface area contributed by atoms with E-state index >= 15 is 0 Å². The summed E-state index contributed by atoms with van der Waals surface area (Å²) in [6.45, 7) is 3.74. The molecule has 0 fully saturated rings. The Kier molecular flexibility index (Phi) is 3.89. The molecule has 27 heavy (non-hydrogen) atoms. The predicted molar refractivity (Wildman–Crippen MR) is 108 cm³/mol. The number of phenols is 2. The van der Waals surface area contributed by atoms with Crippen molar-refractivity contribution in [3.05, 3.63) is 70.0 Å². The molecule has 0 aliphatic rings. The molecule has 4 rings (SSSR count). The predicted octanol–water partition coefficient (Wildman–Crippen LogP) is 4.09. The number of phenolic OH excluding ortho intramolecular Hbond substituents is 2. The van der Waals surface area contributed by atoms with Crippen molar-refractivity contribution in [3.63, 3.8) is 0 Å². The molecule has 0 aliphatic heterocycles. The third kappa shape index (κ3) is 2.64. The van der Waals surface area contributed by atoms with Crippen LogP contribution in [0.5, 0.6) is 11.5 Å². The summed E-state index contributed by atoms with van der Waals surface area (Å²) in [4.78, 5) is 15.4. The van der Waals surface area contributed by atoms with E-state index in [0.29, 0.717) is 21.9 Å². The van der Waals surface area contributed by atoms with Gasteiger partial charge in [0.1, 0.15) is 11.5 Å². The number of benzene rings is 3. The van der Waals surface area contributed by atoms with E-state index in [1.54, 1.807) is 18.2 Å². The molecule has 0 saturated heterocycles. The number of aromatic hydroxyl groups is 2. The fourth-order valence-corrected chi connectivity index (χ4v) is 3.64. The van der Waals surface area contributed by atoms with Crippen molar-refractivity contribution in [1.82, 2.24) is 4.98 Å². The molecule has 0 saturated carbocycles. The third-order valence-electron chi connectivity index (χ3n) is 5.01. The third-order valence-corrected chi connectivity index (χ3v) is 5.01. The van der Waals surface area contributed by atoms with Crippen LogP contribution in [0.1, 0.15) is 24.1 Å². The first-order valence-electron chi connectivity index (χ1n) is 8.74. The standard InChI is InChI=1S/C22H20N2O3/c1-11-10-17(26)18(14-8-6-13(7-9-14)12(2)23)20-15-4-3-5-16(25)19(15)22(27)24-21(11)20/h3-10,12,25-26H,23H2,1-2H3,(H,24,27)/t12-/m1/s1. The van der Waals surface area contributed by atoms with Gasteiger partial charge >= 0.3 is 0 Å². The maximum atomic E-state index is 12.5. The molecular weight excluding hydrogens is 340 g/mol. The maximum Gasteiger partial charge on any atom is 0.260 e. The van der Waals surface area contributed by atoms with Crippen LogP contribution >= 0.6 is 0 Å². The minimum atomic E-state index is -0.359. The monoisotopic (exact) mass is 360 g/mol. The Morgan fingerprint density at radius 2 is 1.70 bits per heavy atom. The number of rotatable bonds is 2. The van der Waals surface area contributed by atoms with E-state index in [9.17, 15) is 15.0 Å². The fourth-order valence-electron chi connectivity index (χ4n) is 3.64. The smallest absolute Gasteiger partial charge is 0.260 e. The first kappa shape index (κ1) is 17.1. The minimum Gasteiger partial charge on any atom is -0.507 e. The number of nitrogens with one attached hydrogen (secondary N) is 1. The summed E-state index contributed by atoms with van der Waals surface area (Å²) in [5, 5.41) is 22.5. The lowest BCUT2D eigenvalue weighted by Crippen LogP contribution is -2.08. The molecule has 0 aliphatic carbocycles. The van der Waals surface area contributed by atoms with Gasteiger partial charge < -0.3 is 20.9 Å². The highest BCUT2D eigenvalue weighted by Crippen LogP contribution is 2.41. The highest BCUT2D eigenvalue weighted by molar-refractivity contribution is 6.15. The van der Waals surface area contributed by atoms with Gasteiger partial charge in [-0.1, -0.05) is 36.4 Å². The zero-order chi connectivity index (χ0) is 19.3. The SMILES string of the molecule is Cc1cc(O)c(-c2ccc([C@@H](C)N)cc2)c2c1[nH]c(=O)c1c(O)cccc12. The molecule has 0 unspecified atom stereocenters. The van der Waals surface area contributed by atoms with Crippen molar-refractivity contribution in [2.75, 3.05) is 0 Å². The van der Waals surface area contributed by atoms with Crippen LogP contribution in [0.4, 0.5) is 0 Å². The molecule has 5 nitrogen and oxygen atoms in total. The lowest BCUT2D eigenvalue weighted by molar-refractivity contribution is 0.477. The van der Waals surface area contributed by atoms with Crippen molar-refractivity contribution in [2.24, 2.45) is 5.73 Å². The number of H-pyrrole nitrogens is 1. The van der Waals surface area contributed by atoms with Gasteiger partial charge in [-0.3, -0.25) is 4.79 Å². The Bertz CT molecular complexity index is 1240. The zero-order valence-electron chi connectivity index (χ0n) is 15.1. The molecule has 0 amide bonds. The molecule has 5 heteroatoms. The van der Waals surface area contributed by atoms with Crippen molar-refractivity contribution in [2.45, 2.75) is 19.9 Å². The van der Waals surface area contributed by atoms with E-state index in [1.807, 2.05) is 38.1 Å². The number of fused-ring (bicyclic) bond motifs is 3. The number of nitrogens with two attached hydrogens (primary N) is 1. The summed E-state index contributed by atoms with van der Waals surface area (Å²) in [5.41, 5.74) is 9.37. The second-order valence-corrected chi connectivity index (χ2v) is 6.90. The summed E-state index contributed by atoms with van der Waals surface area (Å²) >= 11 is 0. The van der Waals surface area contributed by atoms with E-state index in [0.717, 1.165) is 16.7 Å². The summed E-state index contributed by atoms with van der Waals surface area (Å²) in [6, 6.07) is 14.2. The van der Waals surface area contributed by atoms with Crippen LogP contribution < -0.4 is 11.3 Å². The highest BCUT2D eigenvalue weighted by atomic mass is 16.3. The normalized spacial score (nSPS) is 12.6. The molecular formula is C22H20N2O3. The van der Waals surface area contributed by atoms with Gasteiger partial charge in [-0.05, 0) is 42.7 Å². The molecule has 4 aromatic rings. The first-order chi connectivity index (χ1) is 12.9. The van der Waals surface area contributed by atoms with Crippen LogP contribution in [0.3, 0.4) is 0 Å². The van der Waals surface area contributed by atoms with Crippen molar-refractivity contribution in [3.8, 4) is 22.6 Å². The van der Waals surface area contributed by atoms with Gasteiger partial charge in [-0.2, -0.15) is 0 Å². The molecule has 3 aromatic carbocycles. The Balaban J connectivity index is 2.18. The Hall–Kier alpha value is -3.31. The fraction of sp³-hybridized carbons (Fsp3) is 0.136. The second-order valence-electron chi connectivity index (χ2n) is 6.90. The molecule has 1 atom stereocenters. The Morgan fingerprint density at radius 3 is 2.37 bits per heavy atom. The topological polar surface area (TPSA) is 99.3 Å². The number of pyridine rings is 1. The molecule has 136 valence electrons. The Labute approximate surface area is 155 Å². The zero-order valence-corrected chi connectivity index (χ0v) is 15.1. The average molecular weight is 360 g/mol. The van der Waals surface area contributed by atoms with Gasteiger partial charge in [0.25, 0.3) is 5.56 Å². The molecule has 0 radical (unpaired) electrons. The van der Waals surface area contributed by atoms with Gasteiger partial charge in [-0.25, -0.2) is 0 Å². The number of hydrogen-bond acceptors (Lipinski definition) is 4. The van der Waals surface area contributed by atoms with Crippen LogP contribution in [-0.2, 0) is 0 Å². The van der Waals surface area contributed by atoms with Crippen molar-refractivity contribution in [1.29, 1.82) is 0 Å². The van der Waals surface area contributed by atoms with Crippen LogP contribution in [0.25, 0.3) is 32.8 Å². The quantitative estimate of drug-likeness (QED) is 0.405. The van der Waals surface area contributed by atoms with E-state index in [4.69, 9.17) is 5.73 Å². The van der Waals surface area contributed by atoms with E-state index in [2.05, 4.69) is 4.98 Å². The van der Waals surface area contributed by atoms with Gasteiger partial charge in [0.15, 0.2) is 0 Å². The highest BCUT2D eigenvalue weighted by Gasteiger charge is 2.18. The van der Waals surface area contributed by atoms with Gasteiger partial charge in [0, 0.05) is 22.4 Å². The summed E-state index contributed by atoms with van der Waals surface area (Å²) in [6.07, 6.45) is 0. The van der Waals surface area contributed by atoms with Crippen LogP contribution in [0.2, 0.25) is 0 Å². The Morgan fingerprint density at radius 1 is 1.00 bits per heavy atom. The molecule has 1 aromatic heterocycles. The van der Waals surface area contributed by atoms with Gasteiger partial charge in [0.05, 0.1) is 10.9 Å². The van der Waals surface area contributed by atoms with Crippen LogP contribution in [0, 0.1) is 6.92 Å². The van der Waals surface area contributed by atoms with Crippen LogP contribution in [0.15, 0.2) is 53.3 Å². The number of aromatic nitrogens is 1. The summed E-state index contributed by atoms with van der Waals surface area (Å²) < 4.78 is 0. The number of aromatic amines is 1. The molecule has 0 spiro atoms. The first-order valence-corrected chi connectivity index (χ1v) is 8.74. The van der Waals surface area contributed by atoms with Crippen molar-refractivity contribution < 1.29 is 10.2 Å². The maximum absolute atomic E-state index is 12.5. The second kappa shape index (κ2) is 6.14. The summed E-state index contributed by atoms with van der Waals surface area (Å²) in [7, 11) is 0. The molecule has 0 bridgehead atoms. The van der Waals surface area contributed by atoms with Crippen LogP contribution in [-0.4, -0.2) is 15.2 Å². The van der Waals surface area contributed by atoms with Gasteiger partial charge in [0.2, 0.25) is 0 Å². The van der Waals surface area contributed by atoms with Gasteiger partial charge in [-0.15, -0.1) is 0 Å². The average Bonchev–Trinajstić information content (AvgIpc) is 2.63. The lowest BCUT2D eigenvalue weighted by atomic mass is 9.92. The molecule has 1 heterocycles.